The zero-order valence-electron chi connectivity index (χ0n) is 11.4. The third-order valence-corrected chi connectivity index (χ3v) is 4.84. The molecule has 0 atom stereocenters. The van der Waals surface area contributed by atoms with E-state index < -0.39 is 5.79 Å². The first kappa shape index (κ1) is 12.1. The first-order chi connectivity index (χ1) is 7.31. The molecule has 1 spiro atoms. The summed E-state index contributed by atoms with van der Waals surface area (Å²) in [5.41, 5.74) is 2.89. The van der Waals surface area contributed by atoms with Crippen LogP contribution < -0.4 is 0 Å². The molecule has 1 saturated heterocycles. The molecule has 0 bridgehead atoms. The van der Waals surface area contributed by atoms with Crippen molar-refractivity contribution in [3.8, 4) is 0 Å². The van der Waals surface area contributed by atoms with Crippen LogP contribution in [0.3, 0.4) is 0 Å². The van der Waals surface area contributed by atoms with Gasteiger partial charge in [-0.2, -0.15) is 0 Å². The fourth-order valence-electron chi connectivity index (χ4n) is 3.91. The molecule has 0 unspecified atom stereocenters. The fourth-order valence-corrected chi connectivity index (χ4v) is 3.91. The molecule has 2 rings (SSSR count). The van der Waals surface area contributed by atoms with E-state index in [-0.39, 0.29) is 10.8 Å². The number of hydrogen-bond donors (Lipinski definition) is 0. The average Bonchev–Trinajstić information content (AvgIpc) is 2.70. The molecule has 0 radical (unpaired) electrons. The summed E-state index contributed by atoms with van der Waals surface area (Å²) in [7, 11) is 0. The van der Waals surface area contributed by atoms with Crippen LogP contribution >= 0.6 is 0 Å². The topological polar surface area (TPSA) is 18.5 Å². The van der Waals surface area contributed by atoms with Crippen LogP contribution in [0.1, 0.15) is 48.0 Å². The van der Waals surface area contributed by atoms with Gasteiger partial charge < -0.3 is 9.47 Å². The highest BCUT2D eigenvalue weighted by Gasteiger charge is 2.66. The van der Waals surface area contributed by atoms with Gasteiger partial charge in [0.1, 0.15) is 0 Å². The Morgan fingerprint density at radius 1 is 1.00 bits per heavy atom. The summed E-state index contributed by atoms with van der Waals surface area (Å²) in [5.74, 6) is -0.449. The molecule has 0 N–H and O–H groups in total. The molecule has 1 heterocycles. The van der Waals surface area contributed by atoms with E-state index in [2.05, 4.69) is 41.5 Å². The second-order valence-electron chi connectivity index (χ2n) is 6.02. The van der Waals surface area contributed by atoms with Gasteiger partial charge >= 0.3 is 0 Å². The van der Waals surface area contributed by atoms with Gasteiger partial charge in [-0.05, 0) is 13.3 Å². The lowest BCUT2D eigenvalue weighted by molar-refractivity contribution is -0.257. The summed E-state index contributed by atoms with van der Waals surface area (Å²) in [5, 5.41) is 0. The third kappa shape index (κ3) is 1.10. The van der Waals surface area contributed by atoms with Gasteiger partial charge in [-0.25, -0.2) is 0 Å². The monoisotopic (exact) mass is 224 g/mol. The minimum atomic E-state index is -0.449. The van der Waals surface area contributed by atoms with Crippen molar-refractivity contribution in [2.75, 3.05) is 13.2 Å². The maximum absolute atomic E-state index is 6.07. The summed E-state index contributed by atoms with van der Waals surface area (Å²) < 4.78 is 12.1. The SMILES string of the molecule is CCC1=C(C)C(C)(C)C2(OCCO2)C1(C)C. The Morgan fingerprint density at radius 3 is 1.88 bits per heavy atom. The molecule has 1 aliphatic heterocycles. The van der Waals surface area contributed by atoms with Crippen LogP contribution in [0.4, 0.5) is 0 Å². The molecule has 2 aliphatic rings. The molecule has 92 valence electrons. The highest BCUT2D eigenvalue weighted by molar-refractivity contribution is 5.38. The minimum absolute atomic E-state index is 0.0220. The Labute approximate surface area is 99.0 Å². The number of hydrogen-bond acceptors (Lipinski definition) is 2. The molecule has 0 aromatic carbocycles. The second-order valence-corrected chi connectivity index (χ2v) is 6.02. The van der Waals surface area contributed by atoms with E-state index in [9.17, 15) is 0 Å². The van der Waals surface area contributed by atoms with E-state index >= 15 is 0 Å². The first-order valence-electron chi connectivity index (χ1n) is 6.30. The van der Waals surface area contributed by atoms with Crippen LogP contribution in [0.2, 0.25) is 0 Å². The Morgan fingerprint density at radius 2 is 1.50 bits per heavy atom. The zero-order valence-corrected chi connectivity index (χ0v) is 11.4. The molecular weight excluding hydrogens is 200 g/mol. The van der Waals surface area contributed by atoms with Gasteiger partial charge in [-0.1, -0.05) is 45.8 Å². The van der Waals surface area contributed by atoms with Crippen LogP contribution in [0, 0.1) is 10.8 Å². The van der Waals surface area contributed by atoms with Crippen LogP contribution in [0.5, 0.6) is 0 Å². The average molecular weight is 224 g/mol. The van der Waals surface area contributed by atoms with E-state index in [1.54, 1.807) is 0 Å². The molecule has 1 fully saturated rings. The van der Waals surface area contributed by atoms with Gasteiger partial charge in [0, 0.05) is 10.8 Å². The van der Waals surface area contributed by atoms with E-state index in [1.165, 1.54) is 11.1 Å². The zero-order chi connectivity index (χ0) is 12.2. The molecule has 2 heteroatoms. The van der Waals surface area contributed by atoms with E-state index in [0.717, 1.165) is 19.6 Å². The quantitative estimate of drug-likeness (QED) is 0.634. The van der Waals surface area contributed by atoms with Crippen molar-refractivity contribution >= 4 is 0 Å². The predicted molar refractivity (Wildman–Crippen MR) is 65.2 cm³/mol. The predicted octanol–water partition coefficient (Wildman–Crippen LogP) is 3.52. The first-order valence-corrected chi connectivity index (χ1v) is 6.30. The summed E-state index contributed by atoms with van der Waals surface area (Å²) in [6.45, 7) is 14.9. The summed E-state index contributed by atoms with van der Waals surface area (Å²) in [6, 6.07) is 0. The van der Waals surface area contributed by atoms with Crippen molar-refractivity contribution in [3.05, 3.63) is 11.1 Å². The van der Waals surface area contributed by atoms with E-state index in [4.69, 9.17) is 9.47 Å². The molecule has 2 nitrogen and oxygen atoms in total. The van der Waals surface area contributed by atoms with Gasteiger partial charge in [0.05, 0.1) is 13.2 Å². The Bertz CT molecular complexity index is 331. The van der Waals surface area contributed by atoms with Gasteiger partial charge in [0.15, 0.2) is 5.79 Å². The van der Waals surface area contributed by atoms with Crippen LogP contribution in [0.15, 0.2) is 11.1 Å². The van der Waals surface area contributed by atoms with Crippen molar-refractivity contribution in [2.45, 2.75) is 53.8 Å². The Balaban J connectivity index is 2.58. The maximum atomic E-state index is 6.07. The molecular formula is C14H24O2. The van der Waals surface area contributed by atoms with Gasteiger partial charge in [0.2, 0.25) is 0 Å². The lowest BCUT2D eigenvalue weighted by Gasteiger charge is -2.46. The fraction of sp³-hybridized carbons (Fsp3) is 0.857. The van der Waals surface area contributed by atoms with Crippen molar-refractivity contribution in [3.63, 3.8) is 0 Å². The third-order valence-electron chi connectivity index (χ3n) is 4.84. The summed E-state index contributed by atoms with van der Waals surface area (Å²) in [4.78, 5) is 0. The molecule has 16 heavy (non-hydrogen) atoms. The van der Waals surface area contributed by atoms with E-state index in [1.807, 2.05) is 0 Å². The molecule has 0 amide bonds. The maximum Gasteiger partial charge on any atom is 0.186 e. The van der Waals surface area contributed by atoms with Gasteiger partial charge in [-0.3, -0.25) is 0 Å². The van der Waals surface area contributed by atoms with E-state index in [0.29, 0.717) is 0 Å². The summed E-state index contributed by atoms with van der Waals surface area (Å²) in [6.07, 6.45) is 1.08. The molecule has 0 saturated carbocycles. The van der Waals surface area contributed by atoms with Crippen molar-refractivity contribution in [2.24, 2.45) is 10.8 Å². The Hall–Kier alpha value is -0.340. The van der Waals surface area contributed by atoms with Gasteiger partial charge in [0.25, 0.3) is 0 Å². The van der Waals surface area contributed by atoms with Crippen LogP contribution in [-0.2, 0) is 9.47 Å². The molecule has 0 aromatic heterocycles. The van der Waals surface area contributed by atoms with Crippen molar-refractivity contribution < 1.29 is 9.47 Å². The largest absolute Gasteiger partial charge is 0.346 e. The minimum Gasteiger partial charge on any atom is -0.346 e. The summed E-state index contributed by atoms with van der Waals surface area (Å²) >= 11 is 0. The normalized spacial score (nSPS) is 30.4. The van der Waals surface area contributed by atoms with Crippen LogP contribution in [-0.4, -0.2) is 19.0 Å². The molecule has 0 aromatic rings. The highest BCUT2D eigenvalue weighted by atomic mass is 16.7. The highest BCUT2D eigenvalue weighted by Crippen LogP contribution is 2.63. The lowest BCUT2D eigenvalue weighted by atomic mass is 9.72. The number of rotatable bonds is 1. The van der Waals surface area contributed by atoms with Crippen molar-refractivity contribution in [1.82, 2.24) is 0 Å². The lowest BCUT2D eigenvalue weighted by Crippen LogP contribution is -2.52. The van der Waals surface area contributed by atoms with Crippen LogP contribution in [0.25, 0.3) is 0 Å². The van der Waals surface area contributed by atoms with Gasteiger partial charge in [-0.15, -0.1) is 0 Å². The standard InChI is InChI=1S/C14H24O2/c1-7-11-10(2)12(3,4)14(13(11,5)6)15-8-9-16-14/h7-9H2,1-6H3. The van der Waals surface area contributed by atoms with Crippen molar-refractivity contribution in [1.29, 1.82) is 0 Å². The second kappa shape index (κ2) is 3.33. The Kier molecular flexibility index (Phi) is 2.52. The molecule has 1 aliphatic carbocycles. The smallest absolute Gasteiger partial charge is 0.186 e. The number of ether oxygens (including phenoxy) is 2.